The van der Waals surface area contributed by atoms with E-state index in [1.807, 2.05) is 6.92 Å². The Kier molecular flexibility index (Phi) is 5.76. The molecule has 1 N–H and O–H groups in total. The number of fused-ring (bicyclic) bond motifs is 1. The van der Waals surface area contributed by atoms with Gasteiger partial charge >= 0.3 is 5.97 Å². The van der Waals surface area contributed by atoms with Crippen molar-refractivity contribution in [2.75, 3.05) is 7.11 Å². The summed E-state index contributed by atoms with van der Waals surface area (Å²) in [6.07, 6.45) is 13.9. The van der Waals surface area contributed by atoms with Gasteiger partial charge in [-0.05, 0) is 80.3 Å². The van der Waals surface area contributed by atoms with E-state index < -0.39 is 0 Å². The number of aliphatic hydroxyl groups is 1. The molecular weight excluding hydrogens is 324 g/mol. The third kappa shape index (κ3) is 3.55. The fraction of sp³-hybridized carbons (Fsp3) is 0.696. The smallest absolute Gasteiger partial charge is 0.308 e. The molecule has 1 fully saturated rings. The minimum Gasteiger partial charge on any atom is -0.469 e. The molecule has 0 amide bonds. The maximum Gasteiger partial charge on any atom is 0.308 e. The van der Waals surface area contributed by atoms with Crippen molar-refractivity contribution in [1.82, 2.24) is 0 Å². The van der Waals surface area contributed by atoms with E-state index in [1.165, 1.54) is 23.8 Å². The minimum atomic E-state index is -0.194. The topological polar surface area (TPSA) is 46.5 Å². The highest BCUT2D eigenvalue weighted by molar-refractivity contribution is 5.72. The van der Waals surface area contributed by atoms with Gasteiger partial charge in [0.2, 0.25) is 0 Å². The number of carbonyl (C=O) groups excluding carboxylic acids is 1. The Morgan fingerprint density at radius 1 is 1.35 bits per heavy atom. The first-order valence-corrected chi connectivity index (χ1v) is 10.2. The molecule has 0 aromatic carbocycles. The SMILES string of the molecule is COC(=O)[C@@H](C)C1CCC2C(/C=C\C3=C(C)CC[C@H](O)C3)=CCC[C@@]21C. The van der Waals surface area contributed by atoms with Crippen LogP contribution in [0.4, 0.5) is 0 Å². The first-order valence-electron chi connectivity index (χ1n) is 10.2. The van der Waals surface area contributed by atoms with E-state index in [1.54, 1.807) is 0 Å². The van der Waals surface area contributed by atoms with Crippen LogP contribution in [-0.4, -0.2) is 24.3 Å². The zero-order valence-electron chi connectivity index (χ0n) is 16.8. The van der Waals surface area contributed by atoms with Crippen LogP contribution in [0.15, 0.2) is 34.9 Å². The van der Waals surface area contributed by atoms with Crippen LogP contribution in [0.2, 0.25) is 0 Å². The summed E-state index contributed by atoms with van der Waals surface area (Å²) in [5.74, 6) is 0.825. The molecule has 0 heterocycles. The van der Waals surface area contributed by atoms with E-state index in [0.29, 0.717) is 11.8 Å². The van der Waals surface area contributed by atoms with Gasteiger partial charge in [-0.3, -0.25) is 4.79 Å². The molecule has 3 rings (SSSR count). The van der Waals surface area contributed by atoms with Crippen molar-refractivity contribution in [3.63, 3.8) is 0 Å². The van der Waals surface area contributed by atoms with Crippen molar-refractivity contribution in [1.29, 1.82) is 0 Å². The van der Waals surface area contributed by atoms with Gasteiger partial charge in [0.15, 0.2) is 0 Å². The lowest BCUT2D eigenvalue weighted by atomic mass is 9.62. The van der Waals surface area contributed by atoms with E-state index in [2.05, 4.69) is 32.1 Å². The molecule has 0 spiro atoms. The van der Waals surface area contributed by atoms with Crippen molar-refractivity contribution in [2.45, 2.75) is 71.8 Å². The molecular formula is C23H34O3. The predicted molar refractivity (Wildman–Crippen MR) is 105 cm³/mol. The highest BCUT2D eigenvalue weighted by Crippen LogP contribution is 2.58. The minimum absolute atomic E-state index is 0.0308. The number of aliphatic hydroxyl groups excluding tert-OH is 1. The second kappa shape index (κ2) is 7.72. The monoisotopic (exact) mass is 358 g/mol. The molecule has 0 radical (unpaired) electrons. The summed E-state index contributed by atoms with van der Waals surface area (Å²) < 4.78 is 5.03. The molecule has 144 valence electrons. The summed E-state index contributed by atoms with van der Waals surface area (Å²) >= 11 is 0. The molecule has 26 heavy (non-hydrogen) atoms. The molecule has 5 atom stereocenters. The number of carbonyl (C=O) groups is 1. The van der Waals surface area contributed by atoms with Gasteiger partial charge in [-0.2, -0.15) is 0 Å². The number of ether oxygens (including phenoxy) is 1. The van der Waals surface area contributed by atoms with Crippen LogP contribution >= 0.6 is 0 Å². The Labute approximate surface area is 158 Å². The molecule has 3 heteroatoms. The summed E-state index contributed by atoms with van der Waals surface area (Å²) in [5, 5.41) is 9.97. The van der Waals surface area contributed by atoms with E-state index in [0.717, 1.165) is 44.9 Å². The number of esters is 1. The quantitative estimate of drug-likeness (QED) is 0.722. The molecule has 0 saturated heterocycles. The van der Waals surface area contributed by atoms with Crippen LogP contribution in [-0.2, 0) is 9.53 Å². The average molecular weight is 359 g/mol. The molecule has 2 unspecified atom stereocenters. The molecule has 1 saturated carbocycles. The van der Waals surface area contributed by atoms with Gasteiger partial charge in [0.05, 0.1) is 19.1 Å². The maximum atomic E-state index is 12.1. The number of hydrogen-bond donors (Lipinski definition) is 1. The zero-order valence-corrected chi connectivity index (χ0v) is 16.8. The van der Waals surface area contributed by atoms with Crippen molar-refractivity contribution in [3.05, 3.63) is 34.9 Å². The number of rotatable bonds is 4. The van der Waals surface area contributed by atoms with E-state index in [9.17, 15) is 9.90 Å². The van der Waals surface area contributed by atoms with Crippen molar-refractivity contribution in [2.24, 2.45) is 23.2 Å². The first-order chi connectivity index (χ1) is 12.4. The maximum absolute atomic E-state index is 12.1. The van der Waals surface area contributed by atoms with Crippen LogP contribution < -0.4 is 0 Å². The predicted octanol–water partition coefficient (Wildman–Crippen LogP) is 4.97. The van der Waals surface area contributed by atoms with E-state index in [-0.39, 0.29) is 23.4 Å². The average Bonchev–Trinajstić information content (AvgIpc) is 2.98. The largest absolute Gasteiger partial charge is 0.469 e. The summed E-state index contributed by atoms with van der Waals surface area (Å²) in [5.41, 5.74) is 4.32. The van der Waals surface area contributed by atoms with Gasteiger partial charge in [-0.15, -0.1) is 0 Å². The van der Waals surface area contributed by atoms with Crippen LogP contribution in [0.3, 0.4) is 0 Å². The number of allylic oxidation sites excluding steroid dienone is 5. The molecule has 0 aromatic heterocycles. The second-order valence-corrected chi connectivity index (χ2v) is 8.83. The van der Waals surface area contributed by atoms with Crippen LogP contribution in [0.25, 0.3) is 0 Å². The Balaban J connectivity index is 1.78. The van der Waals surface area contributed by atoms with Crippen molar-refractivity contribution < 1.29 is 14.6 Å². The molecule has 0 aromatic rings. The third-order valence-corrected chi connectivity index (χ3v) is 7.38. The van der Waals surface area contributed by atoms with Gasteiger partial charge in [-0.1, -0.05) is 37.6 Å². The Bertz CT molecular complexity index is 642. The van der Waals surface area contributed by atoms with E-state index >= 15 is 0 Å². The van der Waals surface area contributed by atoms with Gasteiger partial charge in [0, 0.05) is 0 Å². The third-order valence-electron chi connectivity index (χ3n) is 7.38. The van der Waals surface area contributed by atoms with Crippen molar-refractivity contribution in [3.8, 4) is 0 Å². The fourth-order valence-electron chi connectivity index (χ4n) is 5.70. The summed E-state index contributed by atoms with van der Waals surface area (Å²) in [4.78, 5) is 12.1. The molecule has 0 bridgehead atoms. The first kappa shape index (κ1) is 19.4. The van der Waals surface area contributed by atoms with Gasteiger partial charge in [-0.25, -0.2) is 0 Å². The van der Waals surface area contributed by atoms with Crippen LogP contribution in [0.1, 0.15) is 65.7 Å². The molecule has 3 aliphatic rings. The highest BCUT2D eigenvalue weighted by Gasteiger charge is 2.51. The van der Waals surface area contributed by atoms with Gasteiger partial charge in [0.1, 0.15) is 0 Å². The molecule has 3 nitrogen and oxygen atoms in total. The lowest BCUT2D eigenvalue weighted by Crippen LogP contribution is -2.37. The van der Waals surface area contributed by atoms with Gasteiger partial charge < -0.3 is 9.84 Å². The van der Waals surface area contributed by atoms with Crippen LogP contribution in [0, 0.1) is 23.2 Å². The summed E-state index contributed by atoms with van der Waals surface area (Å²) in [7, 11) is 1.50. The lowest BCUT2D eigenvalue weighted by molar-refractivity contribution is -0.148. The number of hydrogen-bond acceptors (Lipinski definition) is 3. The number of methoxy groups -OCH3 is 1. The standard InChI is InChI=1S/C23H34O3/c1-15-7-10-19(24)14-18(15)9-8-17-6-5-13-23(3)20(11-12-21(17)23)16(2)22(25)26-4/h6,8-9,16,19-21,24H,5,7,10-14H2,1-4H3/b9-8-/t16-,19-,20?,21?,23+/m0/s1. The Morgan fingerprint density at radius 2 is 2.12 bits per heavy atom. The normalized spacial score (nSPS) is 36.0. The van der Waals surface area contributed by atoms with Crippen molar-refractivity contribution >= 4 is 5.97 Å². The van der Waals surface area contributed by atoms with Gasteiger partial charge in [0.25, 0.3) is 0 Å². The Morgan fingerprint density at radius 3 is 2.85 bits per heavy atom. The molecule has 3 aliphatic carbocycles. The van der Waals surface area contributed by atoms with E-state index in [4.69, 9.17) is 4.74 Å². The van der Waals surface area contributed by atoms with Crippen LogP contribution in [0.5, 0.6) is 0 Å². The summed E-state index contributed by atoms with van der Waals surface area (Å²) in [6.45, 7) is 6.61. The highest BCUT2D eigenvalue weighted by atomic mass is 16.5. The zero-order chi connectivity index (χ0) is 18.9. The lowest BCUT2D eigenvalue weighted by Gasteiger charge is -2.42. The summed E-state index contributed by atoms with van der Waals surface area (Å²) in [6, 6.07) is 0. The second-order valence-electron chi connectivity index (χ2n) is 8.83. The Hall–Kier alpha value is -1.35. The fourth-order valence-corrected chi connectivity index (χ4v) is 5.70. The molecule has 0 aliphatic heterocycles.